The average Bonchev–Trinajstić information content (AvgIpc) is 3.12. The fourth-order valence-electron chi connectivity index (χ4n) is 3.55. The molecule has 10 heteroatoms. The SMILES string of the molecule is CCOC(=O)C1=c2/c(=C/c3cccnc3)c(N)c(C(=O)OC)n2C(=O)[C@@H](c2cccnc2)S1. The molecule has 1 atom stereocenters. The number of carbonyl (C=O) groups is 3. The summed E-state index contributed by atoms with van der Waals surface area (Å²) in [4.78, 5) is 47.7. The number of pyridine rings is 2. The minimum absolute atomic E-state index is 0.0169. The number of anilines is 1. The van der Waals surface area contributed by atoms with Crippen molar-refractivity contribution in [3.05, 3.63) is 76.4 Å². The molecule has 4 heterocycles. The van der Waals surface area contributed by atoms with Crippen molar-refractivity contribution in [2.75, 3.05) is 19.5 Å². The van der Waals surface area contributed by atoms with Crippen molar-refractivity contribution in [2.45, 2.75) is 12.2 Å². The van der Waals surface area contributed by atoms with Crippen LogP contribution in [0.25, 0.3) is 11.0 Å². The molecule has 0 aliphatic carbocycles. The minimum Gasteiger partial charge on any atom is -0.464 e. The Bertz CT molecular complexity index is 1350. The predicted molar refractivity (Wildman–Crippen MR) is 122 cm³/mol. The lowest BCUT2D eigenvalue weighted by Gasteiger charge is -2.23. The topological polar surface area (TPSA) is 126 Å². The van der Waals surface area contributed by atoms with Gasteiger partial charge in [0.15, 0.2) is 5.69 Å². The number of aromatic nitrogens is 3. The summed E-state index contributed by atoms with van der Waals surface area (Å²) in [6, 6.07) is 6.94. The first-order valence-corrected chi connectivity index (χ1v) is 10.9. The molecule has 33 heavy (non-hydrogen) atoms. The van der Waals surface area contributed by atoms with Crippen LogP contribution < -0.4 is 16.3 Å². The fourth-order valence-corrected chi connectivity index (χ4v) is 4.73. The van der Waals surface area contributed by atoms with Gasteiger partial charge in [-0.1, -0.05) is 23.9 Å². The van der Waals surface area contributed by atoms with E-state index in [4.69, 9.17) is 15.2 Å². The van der Waals surface area contributed by atoms with Gasteiger partial charge in [-0.25, -0.2) is 9.59 Å². The summed E-state index contributed by atoms with van der Waals surface area (Å²) in [5.41, 5.74) is 7.49. The highest BCUT2D eigenvalue weighted by molar-refractivity contribution is 8.10. The van der Waals surface area contributed by atoms with Crippen LogP contribution in [0, 0.1) is 0 Å². The van der Waals surface area contributed by atoms with E-state index in [1.165, 1.54) is 13.3 Å². The summed E-state index contributed by atoms with van der Waals surface area (Å²) in [7, 11) is 1.20. The van der Waals surface area contributed by atoms with Gasteiger partial charge in [-0.15, -0.1) is 0 Å². The zero-order valence-corrected chi connectivity index (χ0v) is 18.7. The number of nitrogen functional groups attached to an aromatic ring is 1. The number of fused-ring (bicyclic) bond motifs is 1. The normalized spacial score (nSPS) is 15.8. The number of hydrogen-bond acceptors (Lipinski definition) is 9. The molecule has 1 aliphatic heterocycles. The molecule has 0 bridgehead atoms. The second kappa shape index (κ2) is 9.29. The third-order valence-electron chi connectivity index (χ3n) is 4.97. The van der Waals surface area contributed by atoms with E-state index in [-0.39, 0.29) is 28.2 Å². The highest BCUT2D eigenvalue weighted by atomic mass is 32.2. The number of nitrogens with two attached hydrogens (primary N) is 1. The number of nitrogens with zero attached hydrogens (tertiary/aromatic N) is 3. The van der Waals surface area contributed by atoms with E-state index >= 15 is 0 Å². The first kappa shape index (κ1) is 22.3. The van der Waals surface area contributed by atoms with E-state index in [0.717, 1.165) is 16.3 Å². The highest BCUT2D eigenvalue weighted by Gasteiger charge is 2.38. The second-order valence-corrected chi connectivity index (χ2v) is 8.07. The van der Waals surface area contributed by atoms with Crippen LogP contribution in [0.2, 0.25) is 0 Å². The van der Waals surface area contributed by atoms with Crippen molar-refractivity contribution in [3.63, 3.8) is 0 Å². The van der Waals surface area contributed by atoms with Gasteiger partial charge in [-0.2, -0.15) is 0 Å². The lowest BCUT2D eigenvalue weighted by Crippen LogP contribution is -2.42. The lowest BCUT2D eigenvalue weighted by atomic mass is 10.2. The summed E-state index contributed by atoms with van der Waals surface area (Å²) in [5.74, 6) is -1.87. The number of methoxy groups -OCH3 is 1. The largest absolute Gasteiger partial charge is 0.464 e. The van der Waals surface area contributed by atoms with Crippen LogP contribution in [0.4, 0.5) is 5.69 Å². The van der Waals surface area contributed by atoms with Gasteiger partial charge >= 0.3 is 11.9 Å². The summed E-state index contributed by atoms with van der Waals surface area (Å²) in [5, 5.41) is -0.325. The van der Waals surface area contributed by atoms with Gasteiger partial charge in [0.05, 0.1) is 24.8 Å². The molecule has 4 rings (SSSR count). The Hall–Kier alpha value is -3.92. The Kier molecular flexibility index (Phi) is 6.27. The van der Waals surface area contributed by atoms with E-state index in [1.807, 2.05) is 0 Å². The first-order valence-electron chi connectivity index (χ1n) is 10.00. The number of ether oxygens (including phenoxy) is 2. The molecule has 1 aliphatic rings. The lowest BCUT2D eigenvalue weighted by molar-refractivity contribution is -0.135. The first-order chi connectivity index (χ1) is 16.0. The molecule has 0 saturated carbocycles. The average molecular weight is 465 g/mol. The molecular formula is C23H20N4O5S. The van der Waals surface area contributed by atoms with E-state index in [0.29, 0.717) is 16.3 Å². The molecule has 3 aromatic rings. The summed E-state index contributed by atoms with van der Waals surface area (Å²) < 4.78 is 11.4. The fraction of sp³-hybridized carbons (Fsp3) is 0.174. The smallest absolute Gasteiger partial charge is 0.357 e. The van der Waals surface area contributed by atoms with Crippen LogP contribution in [-0.4, -0.2) is 46.1 Å². The quantitative estimate of drug-likeness (QED) is 0.556. The molecule has 0 unspecified atom stereocenters. The van der Waals surface area contributed by atoms with Crippen LogP contribution in [0.3, 0.4) is 0 Å². The minimum atomic E-state index is -0.841. The standard InChI is InChI=1S/C23H20N4O5S/c1-3-32-23(30)20-17-15(10-13-6-4-8-25-11-13)16(24)18(22(29)31-2)27(17)21(28)19(33-20)14-7-5-9-26-12-14/h4-12,19H,3,24H2,1-2H3/b15-10+/t19-/m1/s1. The second-order valence-electron chi connectivity index (χ2n) is 6.95. The van der Waals surface area contributed by atoms with Crippen LogP contribution in [-0.2, 0) is 14.3 Å². The molecule has 0 fully saturated rings. The Labute approximate surface area is 192 Å². The van der Waals surface area contributed by atoms with Gasteiger partial charge in [0.1, 0.15) is 10.2 Å². The number of rotatable bonds is 5. The Morgan fingerprint density at radius 3 is 2.52 bits per heavy atom. The van der Waals surface area contributed by atoms with Crippen LogP contribution in [0.15, 0.2) is 49.1 Å². The van der Waals surface area contributed by atoms with Gasteiger partial charge in [-0.3, -0.25) is 19.3 Å². The van der Waals surface area contributed by atoms with E-state index in [9.17, 15) is 14.4 Å². The molecule has 0 amide bonds. The van der Waals surface area contributed by atoms with Gasteiger partial charge < -0.3 is 15.2 Å². The predicted octanol–water partition coefficient (Wildman–Crippen LogP) is 1.28. The van der Waals surface area contributed by atoms with Crippen molar-refractivity contribution < 1.29 is 23.9 Å². The van der Waals surface area contributed by atoms with Crippen molar-refractivity contribution in [2.24, 2.45) is 0 Å². The molecule has 0 saturated heterocycles. The van der Waals surface area contributed by atoms with Crippen LogP contribution >= 0.6 is 11.8 Å². The van der Waals surface area contributed by atoms with Gasteiger partial charge in [0, 0.05) is 30.0 Å². The maximum Gasteiger partial charge on any atom is 0.357 e. The molecular weight excluding hydrogens is 444 g/mol. The summed E-state index contributed by atoms with van der Waals surface area (Å²) in [6.45, 7) is 1.82. The van der Waals surface area contributed by atoms with E-state index in [2.05, 4.69) is 9.97 Å². The monoisotopic (exact) mass is 464 g/mol. The van der Waals surface area contributed by atoms with Crippen molar-refractivity contribution in [1.29, 1.82) is 0 Å². The number of carbonyl (C=O) groups excluding carboxylic acids is 3. The van der Waals surface area contributed by atoms with Crippen molar-refractivity contribution in [3.8, 4) is 0 Å². The molecule has 168 valence electrons. The third kappa shape index (κ3) is 4.00. The zero-order chi connectivity index (χ0) is 23.5. The van der Waals surface area contributed by atoms with Gasteiger partial charge in [0.2, 0.25) is 5.91 Å². The van der Waals surface area contributed by atoms with E-state index in [1.54, 1.807) is 55.9 Å². The third-order valence-corrected chi connectivity index (χ3v) is 6.27. The maximum absolute atomic E-state index is 13.7. The van der Waals surface area contributed by atoms with E-state index < -0.39 is 23.1 Å². The van der Waals surface area contributed by atoms with Crippen molar-refractivity contribution >= 4 is 46.3 Å². The Balaban J connectivity index is 2.11. The molecule has 0 spiro atoms. The Morgan fingerprint density at radius 2 is 1.91 bits per heavy atom. The highest BCUT2D eigenvalue weighted by Crippen LogP contribution is 2.39. The Morgan fingerprint density at radius 1 is 1.18 bits per heavy atom. The molecule has 0 aromatic carbocycles. The van der Waals surface area contributed by atoms with Crippen LogP contribution in [0.1, 0.15) is 38.6 Å². The van der Waals surface area contributed by atoms with Crippen LogP contribution in [0.5, 0.6) is 0 Å². The molecule has 9 nitrogen and oxygen atoms in total. The number of hydrogen-bond donors (Lipinski definition) is 1. The maximum atomic E-state index is 13.7. The summed E-state index contributed by atoms with van der Waals surface area (Å²) in [6.07, 6.45) is 8.00. The number of thioether (sulfide) groups is 1. The molecule has 3 aromatic heterocycles. The molecule has 2 N–H and O–H groups in total. The van der Waals surface area contributed by atoms with Gasteiger partial charge in [-0.05, 0) is 36.3 Å². The van der Waals surface area contributed by atoms with Crippen molar-refractivity contribution in [1.82, 2.24) is 14.5 Å². The zero-order valence-electron chi connectivity index (χ0n) is 17.8. The molecule has 0 radical (unpaired) electrons. The summed E-state index contributed by atoms with van der Waals surface area (Å²) >= 11 is 1.04. The number of esters is 2. The van der Waals surface area contributed by atoms with Gasteiger partial charge in [0.25, 0.3) is 0 Å².